The van der Waals surface area contributed by atoms with Crippen molar-refractivity contribution >= 4 is 35.0 Å². The first-order valence-corrected chi connectivity index (χ1v) is 13.3. The maximum atomic E-state index is 12.9. The van der Waals surface area contributed by atoms with Gasteiger partial charge in [-0.2, -0.15) is 0 Å². The van der Waals surface area contributed by atoms with Crippen molar-refractivity contribution in [3.8, 4) is 0 Å². The lowest BCUT2D eigenvalue weighted by atomic mass is 10.1. The zero-order chi connectivity index (χ0) is 27.8. The number of nitrogens with zero attached hydrogens (tertiary/aromatic N) is 1. The van der Waals surface area contributed by atoms with Gasteiger partial charge in [0.15, 0.2) is 0 Å². The van der Waals surface area contributed by atoms with Crippen LogP contribution in [0.15, 0.2) is 72.8 Å². The second-order valence-electron chi connectivity index (χ2n) is 9.83. The standard InChI is InChI=1S/C31H34N4O4/c1-3-4-17-35-20-24(18-28(35)36)30(38)33-25-15-13-23(14-16-25)29(37)34-27-8-6-5-7-26(27)31(39)32-19-22-11-9-21(2)10-12-22/h5-16,24H,3-4,17-20H2,1-2H3,(H,32,39)(H,33,38)(H,34,37). The third-order valence-electron chi connectivity index (χ3n) is 6.78. The minimum absolute atomic E-state index is 0.0136. The molecule has 3 aromatic rings. The average molecular weight is 527 g/mol. The second-order valence-corrected chi connectivity index (χ2v) is 9.83. The molecule has 39 heavy (non-hydrogen) atoms. The summed E-state index contributed by atoms with van der Waals surface area (Å²) in [4.78, 5) is 52.4. The molecule has 0 aromatic heterocycles. The number of anilines is 2. The normalized spacial score (nSPS) is 14.7. The molecule has 8 heteroatoms. The van der Waals surface area contributed by atoms with E-state index in [4.69, 9.17) is 0 Å². The second kappa shape index (κ2) is 12.9. The summed E-state index contributed by atoms with van der Waals surface area (Å²) in [6.45, 7) is 5.56. The first-order valence-electron chi connectivity index (χ1n) is 13.3. The van der Waals surface area contributed by atoms with Crippen molar-refractivity contribution in [2.75, 3.05) is 23.7 Å². The van der Waals surface area contributed by atoms with E-state index >= 15 is 0 Å². The molecular weight excluding hydrogens is 492 g/mol. The van der Waals surface area contributed by atoms with Gasteiger partial charge >= 0.3 is 0 Å². The van der Waals surface area contributed by atoms with Gasteiger partial charge in [0.1, 0.15) is 0 Å². The number of para-hydroxylation sites is 1. The fourth-order valence-corrected chi connectivity index (χ4v) is 4.43. The van der Waals surface area contributed by atoms with Crippen molar-refractivity contribution in [1.82, 2.24) is 10.2 Å². The van der Waals surface area contributed by atoms with E-state index in [2.05, 4.69) is 22.9 Å². The number of benzene rings is 3. The maximum absolute atomic E-state index is 12.9. The number of hydrogen-bond donors (Lipinski definition) is 3. The summed E-state index contributed by atoms with van der Waals surface area (Å²) in [6.07, 6.45) is 2.13. The van der Waals surface area contributed by atoms with E-state index in [0.717, 1.165) is 24.0 Å². The van der Waals surface area contributed by atoms with Gasteiger partial charge in [-0.05, 0) is 55.3 Å². The minimum atomic E-state index is -0.383. The first-order chi connectivity index (χ1) is 18.8. The average Bonchev–Trinajstić information content (AvgIpc) is 3.32. The van der Waals surface area contributed by atoms with Crippen LogP contribution in [0.25, 0.3) is 0 Å². The lowest BCUT2D eigenvalue weighted by molar-refractivity contribution is -0.128. The number of carbonyl (C=O) groups excluding carboxylic acids is 4. The molecule has 3 aromatic carbocycles. The Kier molecular flexibility index (Phi) is 9.10. The van der Waals surface area contributed by atoms with Gasteiger partial charge in [0, 0.05) is 37.3 Å². The Morgan fingerprint density at radius 1 is 0.897 bits per heavy atom. The van der Waals surface area contributed by atoms with E-state index in [0.29, 0.717) is 42.1 Å². The number of likely N-dealkylation sites (tertiary alicyclic amines) is 1. The highest BCUT2D eigenvalue weighted by atomic mass is 16.2. The molecule has 0 radical (unpaired) electrons. The Balaban J connectivity index is 1.33. The molecule has 1 aliphatic heterocycles. The Morgan fingerprint density at radius 2 is 1.62 bits per heavy atom. The third kappa shape index (κ3) is 7.31. The molecule has 0 bridgehead atoms. The summed E-state index contributed by atoms with van der Waals surface area (Å²) in [5.41, 5.74) is 3.82. The predicted molar refractivity (Wildman–Crippen MR) is 151 cm³/mol. The van der Waals surface area contributed by atoms with Crippen molar-refractivity contribution in [2.24, 2.45) is 5.92 Å². The van der Waals surface area contributed by atoms with Crippen LogP contribution in [0, 0.1) is 12.8 Å². The minimum Gasteiger partial charge on any atom is -0.348 e. The van der Waals surface area contributed by atoms with E-state index in [1.165, 1.54) is 0 Å². The molecule has 1 aliphatic rings. The van der Waals surface area contributed by atoms with Gasteiger partial charge in [0.25, 0.3) is 11.8 Å². The van der Waals surface area contributed by atoms with Crippen LogP contribution in [0.5, 0.6) is 0 Å². The number of rotatable bonds is 10. The maximum Gasteiger partial charge on any atom is 0.255 e. The van der Waals surface area contributed by atoms with E-state index in [9.17, 15) is 19.2 Å². The molecule has 202 valence electrons. The highest BCUT2D eigenvalue weighted by Crippen LogP contribution is 2.21. The van der Waals surface area contributed by atoms with Crippen LogP contribution in [0.2, 0.25) is 0 Å². The number of unbranched alkanes of at least 4 members (excludes halogenated alkanes) is 1. The van der Waals surface area contributed by atoms with E-state index in [1.54, 1.807) is 53.4 Å². The molecular formula is C31H34N4O4. The van der Waals surface area contributed by atoms with Gasteiger partial charge in [0.05, 0.1) is 17.2 Å². The number of hydrogen-bond acceptors (Lipinski definition) is 4. The van der Waals surface area contributed by atoms with E-state index in [1.807, 2.05) is 31.2 Å². The molecule has 0 saturated carbocycles. The zero-order valence-corrected chi connectivity index (χ0v) is 22.3. The lowest BCUT2D eigenvalue weighted by Gasteiger charge is -2.16. The van der Waals surface area contributed by atoms with Crippen molar-refractivity contribution in [1.29, 1.82) is 0 Å². The number of nitrogens with one attached hydrogen (secondary N) is 3. The zero-order valence-electron chi connectivity index (χ0n) is 22.3. The van der Waals surface area contributed by atoms with Gasteiger partial charge in [-0.1, -0.05) is 55.3 Å². The Morgan fingerprint density at radius 3 is 2.33 bits per heavy atom. The number of carbonyl (C=O) groups is 4. The fraction of sp³-hybridized carbons (Fsp3) is 0.290. The van der Waals surface area contributed by atoms with Gasteiger partial charge in [-0.15, -0.1) is 0 Å². The number of aryl methyl sites for hydroxylation is 1. The van der Waals surface area contributed by atoms with Gasteiger partial charge in [-0.25, -0.2) is 0 Å². The molecule has 1 fully saturated rings. The monoisotopic (exact) mass is 526 g/mol. The van der Waals surface area contributed by atoms with Crippen LogP contribution in [0.1, 0.15) is 58.0 Å². The van der Waals surface area contributed by atoms with Crippen molar-refractivity contribution in [3.05, 3.63) is 95.1 Å². The summed E-state index contributed by atoms with van der Waals surface area (Å²) >= 11 is 0. The quantitative estimate of drug-likeness (QED) is 0.354. The first kappa shape index (κ1) is 27.6. The fourth-order valence-electron chi connectivity index (χ4n) is 4.43. The molecule has 1 atom stereocenters. The van der Waals surface area contributed by atoms with Gasteiger partial charge in [-0.3, -0.25) is 19.2 Å². The number of amides is 4. The van der Waals surface area contributed by atoms with Gasteiger partial charge in [0.2, 0.25) is 11.8 Å². The summed E-state index contributed by atoms with van der Waals surface area (Å²) in [5.74, 6) is -1.24. The summed E-state index contributed by atoms with van der Waals surface area (Å²) in [7, 11) is 0. The molecule has 1 unspecified atom stereocenters. The van der Waals surface area contributed by atoms with E-state index < -0.39 is 0 Å². The Hall–Kier alpha value is -4.46. The largest absolute Gasteiger partial charge is 0.348 e. The smallest absolute Gasteiger partial charge is 0.255 e. The molecule has 0 aliphatic carbocycles. The van der Waals surface area contributed by atoms with Crippen molar-refractivity contribution in [3.63, 3.8) is 0 Å². The molecule has 3 N–H and O–H groups in total. The van der Waals surface area contributed by atoms with Crippen LogP contribution in [-0.4, -0.2) is 41.6 Å². The summed E-state index contributed by atoms with van der Waals surface area (Å²) < 4.78 is 0. The SMILES string of the molecule is CCCCN1CC(C(=O)Nc2ccc(C(=O)Nc3ccccc3C(=O)NCc3ccc(C)cc3)cc2)CC1=O. The van der Waals surface area contributed by atoms with Crippen LogP contribution < -0.4 is 16.0 Å². The van der Waals surface area contributed by atoms with Gasteiger partial charge < -0.3 is 20.9 Å². The highest BCUT2D eigenvalue weighted by molar-refractivity contribution is 6.09. The highest BCUT2D eigenvalue weighted by Gasteiger charge is 2.33. The summed E-state index contributed by atoms with van der Waals surface area (Å²) in [5, 5.41) is 8.56. The molecule has 4 rings (SSSR count). The van der Waals surface area contributed by atoms with Crippen LogP contribution in [-0.2, 0) is 16.1 Å². The van der Waals surface area contributed by atoms with Crippen molar-refractivity contribution < 1.29 is 19.2 Å². The summed E-state index contributed by atoms with van der Waals surface area (Å²) in [6, 6.07) is 21.3. The van der Waals surface area contributed by atoms with Crippen LogP contribution in [0.3, 0.4) is 0 Å². The van der Waals surface area contributed by atoms with Crippen LogP contribution in [0.4, 0.5) is 11.4 Å². The van der Waals surface area contributed by atoms with E-state index in [-0.39, 0.29) is 36.0 Å². The molecule has 1 heterocycles. The molecule has 0 spiro atoms. The molecule has 4 amide bonds. The molecule has 1 saturated heterocycles. The van der Waals surface area contributed by atoms with Crippen LogP contribution >= 0.6 is 0 Å². The topological polar surface area (TPSA) is 108 Å². The van der Waals surface area contributed by atoms with Crippen molar-refractivity contribution in [2.45, 2.75) is 39.7 Å². The lowest BCUT2D eigenvalue weighted by Crippen LogP contribution is -2.29. The third-order valence-corrected chi connectivity index (χ3v) is 6.78. The predicted octanol–water partition coefficient (Wildman–Crippen LogP) is 4.76. The Bertz CT molecular complexity index is 1340. The molecule has 8 nitrogen and oxygen atoms in total. The Labute approximate surface area is 228 Å².